The first-order chi connectivity index (χ1) is 32.2. The zero-order chi connectivity index (χ0) is 42.8. The number of nitrogens with zero attached hydrogens (tertiary/aromatic N) is 4. The zero-order valence-corrected chi connectivity index (χ0v) is 35.4. The minimum Gasteiger partial charge on any atom is -0.456 e. The summed E-state index contributed by atoms with van der Waals surface area (Å²) in [5, 5.41) is 11.3. The quantitative estimate of drug-likeness (QED) is 0.178. The molecule has 0 spiro atoms. The Morgan fingerprint density at radius 1 is 0.431 bits per heavy atom. The molecule has 0 saturated carbocycles. The van der Waals surface area contributed by atoms with Crippen molar-refractivity contribution in [2.24, 2.45) is 15.9 Å². The van der Waals surface area contributed by atoms with Gasteiger partial charge in [-0.1, -0.05) is 140 Å². The molecule has 4 aromatic heterocycles. The first-order valence-electron chi connectivity index (χ1n) is 22.3. The molecule has 13 aromatic rings. The number of para-hydroxylation sites is 5. The summed E-state index contributed by atoms with van der Waals surface area (Å²) >= 11 is 0. The molecule has 0 N–H and O–H groups in total. The number of hydrogen-bond acceptors (Lipinski definition) is 4. The van der Waals surface area contributed by atoms with Crippen LogP contribution in [0.4, 0.5) is 0 Å². The van der Waals surface area contributed by atoms with Crippen molar-refractivity contribution in [2.75, 3.05) is 0 Å². The van der Waals surface area contributed by atoms with Gasteiger partial charge in [0.2, 0.25) is 0 Å². The van der Waals surface area contributed by atoms with Crippen LogP contribution in [0.5, 0.6) is 0 Å². The van der Waals surface area contributed by atoms with E-state index >= 15 is 0 Å². The van der Waals surface area contributed by atoms with Gasteiger partial charge in [-0.25, -0.2) is 9.98 Å². The third-order valence-electron chi connectivity index (χ3n) is 13.6. The van der Waals surface area contributed by atoms with Crippen LogP contribution in [0, 0.1) is 5.92 Å². The smallest absolute Gasteiger partial charge is 0.162 e. The highest BCUT2D eigenvalue weighted by molar-refractivity contribution is 6.24. The molecule has 9 aromatic carbocycles. The van der Waals surface area contributed by atoms with Gasteiger partial charge in [0.15, 0.2) is 5.84 Å². The van der Waals surface area contributed by atoms with E-state index < -0.39 is 0 Å². The molecule has 6 nitrogen and oxygen atoms in total. The Bertz CT molecular complexity index is 4190. The second kappa shape index (κ2) is 13.8. The van der Waals surface area contributed by atoms with Gasteiger partial charge in [-0.15, -0.1) is 0 Å². The van der Waals surface area contributed by atoms with Gasteiger partial charge in [0.05, 0.1) is 38.8 Å². The molecular formula is C59H38N4O2. The van der Waals surface area contributed by atoms with Crippen molar-refractivity contribution < 1.29 is 8.83 Å². The summed E-state index contributed by atoms with van der Waals surface area (Å²) in [6.45, 7) is 2.29. The van der Waals surface area contributed by atoms with E-state index in [1.165, 1.54) is 32.3 Å². The van der Waals surface area contributed by atoms with E-state index in [4.69, 9.17) is 18.8 Å². The maximum atomic E-state index is 6.68. The van der Waals surface area contributed by atoms with Crippen LogP contribution in [0.25, 0.3) is 110 Å². The molecule has 0 amide bonds. The molecule has 0 radical (unpaired) electrons. The van der Waals surface area contributed by atoms with E-state index in [-0.39, 0.29) is 5.92 Å². The maximum absolute atomic E-state index is 6.68. The molecule has 0 bridgehead atoms. The average molecular weight is 835 g/mol. The van der Waals surface area contributed by atoms with Crippen LogP contribution in [0.15, 0.2) is 213 Å². The Kier molecular flexibility index (Phi) is 7.63. The molecule has 1 aliphatic rings. The number of aliphatic imine (C=N–C) groups is 2. The normalized spacial score (nSPS) is 15.7. The Morgan fingerprint density at radius 3 is 1.66 bits per heavy atom. The van der Waals surface area contributed by atoms with Crippen LogP contribution in [0.1, 0.15) is 24.5 Å². The van der Waals surface area contributed by atoms with Gasteiger partial charge in [0, 0.05) is 54.7 Å². The van der Waals surface area contributed by atoms with Crippen LogP contribution >= 0.6 is 0 Å². The molecule has 306 valence electrons. The lowest BCUT2D eigenvalue weighted by molar-refractivity contribution is 0.668. The van der Waals surface area contributed by atoms with Crippen LogP contribution in [-0.4, -0.2) is 20.8 Å². The Labute approximate surface area is 372 Å². The molecular weight excluding hydrogens is 797 g/mol. The third-order valence-corrected chi connectivity index (χ3v) is 13.6. The fourth-order valence-electron chi connectivity index (χ4n) is 10.6. The highest BCUT2D eigenvalue weighted by Gasteiger charge is 2.27. The van der Waals surface area contributed by atoms with E-state index in [9.17, 15) is 0 Å². The SMILES string of the molecule is CC1C/C=C(\c2ccc3oc4ccccc4c3c2-n2c3ccccc3c3cc4ccccc4cc32)N=C(c2cccc3oc4ccccc4c23)N=C1n1c2ccccc2c2ccccc21. The van der Waals surface area contributed by atoms with Crippen molar-refractivity contribution in [3.05, 3.63) is 205 Å². The zero-order valence-electron chi connectivity index (χ0n) is 35.4. The molecule has 1 aliphatic heterocycles. The number of benzene rings is 9. The number of amidine groups is 1. The highest BCUT2D eigenvalue weighted by atomic mass is 16.3. The average Bonchev–Trinajstić information content (AvgIpc) is 4.10. The topological polar surface area (TPSA) is 60.9 Å². The summed E-state index contributed by atoms with van der Waals surface area (Å²) in [6, 6.07) is 66.6. The van der Waals surface area contributed by atoms with Crippen LogP contribution < -0.4 is 0 Å². The molecule has 0 fully saturated rings. The summed E-state index contributed by atoms with van der Waals surface area (Å²) in [6.07, 6.45) is 3.03. The minimum atomic E-state index is -0.00320. The monoisotopic (exact) mass is 834 g/mol. The van der Waals surface area contributed by atoms with E-state index in [0.717, 1.165) is 94.3 Å². The molecule has 65 heavy (non-hydrogen) atoms. The summed E-state index contributed by atoms with van der Waals surface area (Å²) in [4.78, 5) is 11.6. The van der Waals surface area contributed by atoms with Gasteiger partial charge < -0.3 is 13.4 Å². The van der Waals surface area contributed by atoms with E-state index in [1.807, 2.05) is 24.3 Å². The van der Waals surface area contributed by atoms with Crippen molar-refractivity contribution in [2.45, 2.75) is 13.3 Å². The van der Waals surface area contributed by atoms with Gasteiger partial charge in [-0.3, -0.25) is 4.57 Å². The first-order valence-corrected chi connectivity index (χ1v) is 22.3. The van der Waals surface area contributed by atoms with Crippen molar-refractivity contribution in [1.82, 2.24) is 9.13 Å². The fourth-order valence-corrected chi connectivity index (χ4v) is 10.6. The second-order valence-electron chi connectivity index (χ2n) is 17.3. The van der Waals surface area contributed by atoms with E-state index in [0.29, 0.717) is 12.3 Å². The van der Waals surface area contributed by atoms with Gasteiger partial charge in [0.1, 0.15) is 28.2 Å². The van der Waals surface area contributed by atoms with E-state index in [1.54, 1.807) is 0 Å². The molecule has 1 atom stereocenters. The number of furan rings is 2. The van der Waals surface area contributed by atoms with Crippen LogP contribution in [-0.2, 0) is 0 Å². The van der Waals surface area contributed by atoms with Crippen LogP contribution in [0.2, 0.25) is 0 Å². The number of hydrogen-bond donors (Lipinski definition) is 0. The number of rotatable bonds is 3. The summed E-state index contributed by atoms with van der Waals surface area (Å²) < 4.78 is 18.0. The van der Waals surface area contributed by atoms with Gasteiger partial charge in [-0.2, -0.15) is 0 Å². The lowest BCUT2D eigenvalue weighted by Crippen LogP contribution is -2.23. The van der Waals surface area contributed by atoms with Crippen LogP contribution in [0.3, 0.4) is 0 Å². The Morgan fingerprint density at radius 2 is 0.969 bits per heavy atom. The van der Waals surface area contributed by atoms with Gasteiger partial charge in [0.25, 0.3) is 0 Å². The molecule has 6 heteroatoms. The highest BCUT2D eigenvalue weighted by Crippen LogP contribution is 2.44. The maximum Gasteiger partial charge on any atom is 0.162 e. The molecule has 14 rings (SSSR count). The predicted octanol–water partition coefficient (Wildman–Crippen LogP) is 15.6. The fraction of sp³-hybridized carbons (Fsp3) is 0.0508. The molecule has 0 aliphatic carbocycles. The van der Waals surface area contributed by atoms with E-state index in [2.05, 4.69) is 186 Å². The number of aromatic nitrogens is 2. The lowest BCUT2D eigenvalue weighted by Gasteiger charge is -2.22. The predicted molar refractivity (Wildman–Crippen MR) is 270 cm³/mol. The lowest BCUT2D eigenvalue weighted by atomic mass is 9.98. The van der Waals surface area contributed by atoms with Crippen molar-refractivity contribution in [3.8, 4) is 5.69 Å². The van der Waals surface area contributed by atoms with Crippen molar-refractivity contribution in [3.63, 3.8) is 0 Å². The standard InChI is InChI=1S/C59H38N4O2/c1-35-29-31-46(41-30-32-54-56(43-21-8-13-27-52(43)65-54)57(41)62-47-23-9-6-19-40(47)45-33-36-15-2-3-16-37(36)34-50(45)62)60-58(44-22-14-28-53-55(44)42-20-7-12-26-51(42)64-53)61-59(35)63-48-24-10-4-17-38(48)39-18-5-11-25-49(39)63/h2-28,30-35H,29H2,1H3/b46-31+,60-58?,61-59?. The largest absolute Gasteiger partial charge is 0.456 e. The van der Waals surface area contributed by atoms with Crippen molar-refractivity contribution in [1.29, 1.82) is 0 Å². The summed E-state index contributed by atoms with van der Waals surface area (Å²) in [7, 11) is 0. The Hall–Kier alpha value is -8.48. The first kappa shape index (κ1) is 36.0. The van der Waals surface area contributed by atoms with Gasteiger partial charge in [-0.05, 0) is 77.9 Å². The Balaban J connectivity index is 1.11. The second-order valence-corrected chi connectivity index (χ2v) is 17.3. The third kappa shape index (κ3) is 5.28. The minimum absolute atomic E-state index is 0.00320. The molecule has 0 saturated heterocycles. The number of fused-ring (bicyclic) bond motifs is 13. The summed E-state index contributed by atoms with van der Waals surface area (Å²) in [5.74, 6) is 1.55. The number of allylic oxidation sites excluding steroid dienone is 1. The van der Waals surface area contributed by atoms with Gasteiger partial charge >= 0.3 is 0 Å². The van der Waals surface area contributed by atoms with Crippen molar-refractivity contribution >= 4 is 116 Å². The molecule has 5 heterocycles. The summed E-state index contributed by atoms with van der Waals surface area (Å²) in [5.41, 5.74) is 11.5. The molecule has 1 unspecified atom stereocenters.